The normalized spacial score (nSPS) is 16.9. The van der Waals surface area contributed by atoms with Crippen LogP contribution in [0.3, 0.4) is 0 Å². The van der Waals surface area contributed by atoms with E-state index in [0.29, 0.717) is 13.1 Å². The maximum atomic E-state index is 13.6. The van der Waals surface area contributed by atoms with Crippen molar-refractivity contribution in [1.82, 2.24) is 15.2 Å². The van der Waals surface area contributed by atoms with Gasteiger partial charge in [0.1, 0.15) is 5.82 Å². The van der Waals surface area contributed by atoms with Gasteiger partial charge < -0.3 is 10.2 Å². The maximum Gasteiger partial charge on any atom is 0.229 e. The van der Waals surface area contributed by atoms with Crippen LogP contribution in [0.2, 0.25) is 0 Å². The van der Waals surface area contributed by atoms with E-state index < -0.39 is 0 Å². The summed E-state index contributed by atoms with van der Waals surface area (Å²) >= 11 is 1.59. The first-order valence-corrected chi connectivity index (χ1v) is 10.3. The molecule has 0 radical (unpaired) electrons. The van der Waals surface area contributed by atoms with Gasteiger partial charge in [-0.3, -0.25) is 4.79 Å². The average molecular weight is 396 g/mol. The van der Waals surface area contributed by atoms with Crippen molar-refractivity contribution in [3.63, 3.8) is 0 Å². The molecule has 3 aromatic rings. The molecule has 1 saturated heterocycles. The number of nitrogens with zero attached hydrogens (tertiary/aromatic N) is 2. The molecule has 1 aliphatic heterocycles. The van der Waals surface area contributed by atoms with Crippen molar-refractivity contribution >= 4 is 17.2 Å². The maximum absolute atomic E-state index is 13.6. The number of aromatic nitrogens is 1. The van der Waals surface area contributed by atoms with Gasteiger partial charge in [-0.25, -0.2) is 9.37 Å². The Labute approximate surface area is 168 Å². The SMILES string of the molecule is O=C(Cc1csc(Cc2ccccc2)n1)N1CCNCC1c1cccc(F)c1. The summed E-state index contributed by atoms with van der Waals surface area (Å²) in [6.07, 6.45) is 1.05. The molecule has 1 unspecified atom stereocenters. The number of hydrogen-bond donors (Lipinski definition) is 1. The molecule has 4 rings (SSSR count). The summed E-state index contributed by atoms with van der Waals surface area (Å²) in [5, 5.41) is 6.28. The third-order valence-corrected chi connectivity index (χ3v) is 5.82. The van der Waals surface area contributed by atoms with E-state index in [1.165, 1.54) is 17.7 Å². The summed E-state index contributed by atoms with van der Waals surface area (Å²) in [5.74, 6) is -0.243. The summed E-state index contributed by atoms with van der Waals surface area (Å²) in [7, 11) is 0. The molecular weight excluding hydrogens is 373 g/mol. The summed E-state index contributed by atoms with van der Waals surface area (Å²) in [6.45, 7) is 1.99. The van der Waals surface area contributed by atoms with Crippen molar-refractivity contribution in [1.29, 1.82) is 0 Å². The molecule has 1 fully saturated rings. The minimum absolute atomic E-state index is 0.0346. The molecule has 144 valence electrons. The predicted octanol–water partition coefficient (Wildman–Crippen LogP) is 3.59. The van der Waals surface area contributed by atoms with E-state index >= 15 is 0 Å². The molecule has 1 N–H and O–H groups in total. The Morgan fingerprint density at radius 1 is 1.21 bits per heavy atom. The first kappa shape index (κ1) is 18.8. The van der Waals surface area contributed by atoms with E-state index in [2.05, 4.69) is 22.4 Å². The highest BCUT2D eigenvalue weighted by Gasteiger charge is 2.28. The molecule has 6 heteroatoms. The van der Waals surface area contributed by atoms with Gasteiger partial charge in [0.25, 0.3) is 0 Å². The molecule has 0 saturated carbocycles. The largest absolute Gasteiger partial charge is 0.333 e. The predicted molar refractivity (Wildman–Crippen MR) is 109 cm³/mol. The number of benzene rings is 2. The fourth-order valence-electron chi connectivity index (χ4n) is 3.55. The highest BCUT2D eigenvalue weighted by Crippen LogP contribution is 2.24. The Kier molecular flexibility index (Phi) is 5.78. The highest BCUT2D eigenvalue weighted by atomic mass is 32.1. The van der Waals surface area contributed by atoms with Crippen LogP contribution < -0.4 is 5.32 Å². The lowest BCUT2D eigenvalue weighted by molar-refractivity contribution is -0.133. The van der Waals surface area contributed by atoms with Crippen LogP contribution in [0.5, 0.6) is 0 Å². The van der Waals surface area contributed by atoms with Gasteiger partial charge in [0.2, 0.25) is 5.91 Å². The minimum Gasteiger partial charge on any atom is -0.333 e. The van der Waals surface area contributed by atoms with E-state index in [4.69, 9.17) is 0 Å². The number of hydrogen-bond acceptors (Lipinski definition) is 4. The van der Waals surface area contributed by atoms with Gasteiger partial charge in [-0.15, -0.1) is 11.3 Å². The monoisotopic (exact) mass is 395 g/mol. The van der Waals surface area contributed by atoms with Crippen molar-refractivity contribution in [3.05, 3.63) is 87.6 Å². The Balaban J connectivity index is 1.45. The van der Waals surface area contributed by atoms with Crippen molar-refractivity contribution in [2.75, 3.05) is 19.6 Å². The second-order valence-electron chi connectivity index (χ2n) is 6.93. The van der Waals surface area contributed by atoms with Crippen molar-refractivity contribution < 1.29 is 9.18 Å². The Morgan fingerprint density at radius 3 is 2.89 bits per heavy atom. The third-order valence-electron chi connectivity index (χ3n) is 4.93. The Bertz CT molecular complexity index is 944. The average Bonchev–Trinajstić information content (AvgIpc) is 3.15. The lowest BCUT2D eigenvalue weighted by atomic mass is 10.0. The van der Waals surface area contributed by atoms with E-state index in [1.54, 1.807) is 17.4 Å². The zero-order chi connectivity index (χ0) is 19.3. The van der Waals surface area contributed by atoms with Crippen LogP contribution in [0.4, 0.5) is 4.39 Å². The molecule has 0 bridgehead atoms. The Morgan fingerprint density at radius 2 is 2.07 bits per heavy atom. The number of carbonyl (C=O) groups excluding carboxylic acids is 1. The van der Waals surface area contributed by atoms with Gasteiger partial charge in [0, 0.05) is 31.4 Å². The van der Waals surface area contributed by atoms with E-state index in [1.807, 2.05) is 34.5 Å². The van der Waals surface area contributed by atoms with Crippen molar-refractivity contribution in [3.8, 4) is 0 Å². The van der Waals surface area contributed by atoms with Gasteiger partial charge in [-0.2, -0.15) is 0 Å². The number of carbonyl (C=O) groups is 1. The van der Waals surface area contributed by atoms with E-state index in [9.17, 15) is 9.18 Å². The molecule has 0 spiro atoms. The first-order chi connectivity index (χ1) is 13.7. The summed E-state index contributed by atoms with van der Waals surface area (Å²) in [6, 6.07) is 16.5. The number of thiazole rings is 1. The van der Waals surface area contributed by atoms with Crippen LogP contribution in [-0.4, -0.2) is 35.4 Å². The molecule has 28 heavy (non-hydrogen) atoms. The molecule has 1 aromatic heterocycles. The van der Waals surface area contributed by atoms with Gasteiger partial charge in [0.05, 0.1) is 23.2 Å². The zero-order valence-electron chi connectivity index (χ0n) is 15.5. The van der Waals surface area contributed by atoms with Crippen LogP contribution in [-0.2, 0) is 17.6 Å². The molecule has 1 amide bonds. The standard InChI is InChI=1S/C22H22FN3OS/c23-18-8-4-7-17(12-18)20-14-24-9-10-26(20)22(27)13-19-15-28-21(25-19)11-16-5-2-1-3-6-16/h1-8,12,15,20,24H,9-11,13-14H2. The smallest absolute Gasteiger partial charge is 0.229 e. The summed E-state index contributed by atoms with van der Waals surface area (Å²) in [4.78, 5) is 19.5. The van der Waals surface area contributed by atoms with Gasteiger partial charge in [-0.1, -0.05) is 42.5 Å². The second kappa shape index (κ2) is 8.63. The second-order valence-corrected chi connectivity index (χ2v) is 7.88. The molecular formula is C22H22FN3OS. The summed E-state index contributed by atoms with van der Waals surface area (Å²) < 4.78 is 13.6. The fraction of sp³-hybridized carbons (Fsp3) is 0.273. The van der Waals surface area contributed by atoms with Crippen LogP contribution in [0.1, 0.15) is 27.9 Å². The van der Waals surface area contributed by atoms with Gasteiger partial charge in [-0.05, 0) is 23.3 Å². The number of amides is 1. The molecule has 1 atom stereocenters. The third kappa shape index (κ3) is 4.46. The number of rotatable bonds is 5. The molecule has 2 heterocycles. The topological polar surface area (TPSA) is 45.2 Å². The van der Waals surface area contributed by atoms with Crippen molar-refractivity contribution in [2.24, 2.45) is 0 Å². The van der Waals surface area contributed by atoms with Gasteiger partial charge >= 0.3 is 0 Å². The van der Waals surface area contributed by atoms with E-state index in [-0.39, 0.29) is 24.2 Å². The molecule has 0 aliphatic carbocycles. The molecule has 1 aliphatic rings. The molecule has 4 nitrogen and oxygen atoms in total. The number of nitrogens with one attached hydrogen (secondary N) is 1. The van der Waals surface area contributed by atoms with Gasteiger partial charge in [0.15, 0.2) is 0 Å². The van der Waals surface area contributed by atoms with E-state index in [0.717, 1.165) is 29.2 Å². The quantitative estimate of drug-likeness (QED) is 0.718. The number of halogens is 1. The minimum atomic E-state index is -0.277. The van der Waals surface area contributed by atoms with Crippen LogP contribution >= 0.6 is 11.3 Å². The van der Waals surface area contributed by atoms with Crippen molar-refractivity contribution in [2.45, 2.75) is 18.9 Å². The van der Waals surface area contributed by atoms with Crippen LogP contribution in [0.15, 0.2) is 60.0 Å². The fourth-order valence-corrected chi connectivity index (χ4v) is 4.38. The first-order valence-electron chi connectivity index (χ1n) is 9.42. The lowest BCUT2D eigenvalue weighted by Gasteiger charge is -2.36. The van der Waals surface area contributed by atoms with Crippen LogP contribution in [0, 0.1) is 5.82 Å². The van der Waals surface area contributed by atoms with Crippen LogP contribution in [0.25, 0.3) is 0 Å². The highest BCUT2D eigenvalue weighted by molar-refractivity contribution is 7.09. The lowest BCUT2D eigenvalue weighted by Crippen LogP contribution is -2.49. The summed E-state index contributed by atoms with van der Waals surface area (Å²) in [5.41, 5.74) is 2.84. The zero-order valence-corrected chi connectivity index (χ0v) is 16.3. The number of piperazine rings is 1. The Hall–Kier alpha value is -2.57. The molecule has 2 aromatic carbocycles.